The van der Waals surface area contributed by atoms with E-state index in [4.69, 9.17) is 11.6 Å². The lowest BCUT2D eigenvalue weighted by Crippen LogP contribution is -2.30. The van der Waals surface area contributed by atoms with E-state index >= 15 is 0 Å². The van der Waals surface area contributed by atoms with E-state index in [1.807, 2.05) is 32.1 Å². The highest BCUT2D eigenvalue weighted by Crippen LogP contribution is 2.16. The van der Waals surface area contributed by atoms with Crippen molar-refractivity contribution in [2.75, 3.05) is 0 Å². The van der Waals surface area contributed by atoms with Crippen molar-refractivity contribution in [3.8, 4) is 0 Å². The van der Waals surface area contributed by atoms with Crippen LogP contribution in [0.15, 0.2) is 36.7 Å². The Balaban J connectivity index is 2.62. The summed E-state index contributed by atoms with van der Waals surface area (Å²) in [7, 11) is 0. The van der Waals surface area contributed by atoms with Gasteiger partial charge >= 0.3 is 0 Å². The maximum absolute atomic E-state index is 13.0. The van der Waals surface area contributed by atoms with E-state index in [9.17, 15) is 4.39 Å². The minimum Gasteiger partial charge on any atom is -0.237 e. The van der Waals surface area contributed by atoms with Gasteiger partial charge in [0, 0.05) is 5.22 Å². The van der Waals surface area contributed by atoms with E-state index in [1.165, 1.54) is 18.5 Å². The summed E-state index contributed by atoms with van der Waals surface area (Å²) in [6.45, 7) is 3.96. The number of benzene rings is 1. The first-order valence-corrected chi connectivity index (χ1v) is 7.14. The fourth-order valence-electron chi connectivity index (χ4n) is 2.01. The Morgan fingerprint density at radius 2 is 1.95 bits per heavy atom. The number of aromatic nitrogens is 2. The van der Waals surface area contributed by atoms with Crippen LogP contribution in [0.25, 0.3) is 17.7 Å². The zero-order valence-corrected chi connectivity index (χ0v) is 12.7. The number of halogens is 2. The molecule has 0 N–H and O–H groups in total. The summed E-state index contributed by atoms with van der Waals surface area (Å²) in [5.74, 6) is -0.254. The van der Waals surface area contributed by atoms with Crippen molar-refractivity contribution in [3.63, 3.8) is 0 Å². The topological polar surface area (TPSA) is 25.8 Å². The second-order valence-electron chi connectivity index (χ2n) is 4.47. The standard InChI is InChI=1S/C17H16ClFN2/c1-3-5-16-15(17(18)21-11-20-16)10-12(4-2)13-6-8-14(19)9-7-13/h4-11H,3H2,1-2H3/b12-4+,15-10+,16-5-. The van der Waals surface area contributed by atoms with Crippen LogP contribution < -0.4 is 10.6 Å². The molecule has 21 heavy (non-hydrogen) atoms. The molecule has 1 aromatic carbocycles. The van der Waals surface area contributed by atoms with Crippen molar-refractivity contribution in [2.45, 2.75) is 20.3 Å². The fraction of sp³-hybridized carbons (Fsp3) is 0.176. The molecule has 0 aliphatic rings. The van der Waals surface area contributed by atoms with Crippen LogP contribution in [-0.4, -0.2) is 9.97 Å². The van der Waals surface area contributed by atoms with Crippen LogP contribution in [0.2, 0.25) is 5.15 Å². The molecule has 0 fully saturated rings. The lowest BCUT2D eigenvalue weighted by molar-refractivity contribution is 0.627. The molecule has 0 aliphatic heterocycles. The molecule has 4 heteroatoms. The molecule has 0 unspecified atom stereocenters. The first kappa shape index (κ1) is 15.4. The Morgan fingerprint density at radius 1 is 1.24 bits per heavy atom. The largest absolute Gasteiger partial charge is 0.237 e. The third-order valence-corrected chi connectivity index (χ3v) is 3.35. The summed E-state index contributed by atoms with van der Waals surface area (Å²) < 4.78 is 13.0. The average Bonchev–Trinajstić information content (AvgIpc) is 2.48. The van der Waals surface area contributed by atoms with E-state index in [-0.39, 0.29) is 5.82 Å². The fourth-order valence-corrected chi connectivity index (χ4v) is 2.20. The Hall–Kier alpha value is -2.00. The third kappa shape index (κ3) is 3.76. The van der Waals surface area contributed by atoms with Crippen LogP contribution in [0, 0.1) is 5.82 Å². The van der Waals surface area contributed by atoms with Crippen LogP contribution in [0.5, 0.6) is 0 Å². The van der Waals surface area contributed by atoms with Gasteiger partial charge in [0.15, 0.2) is 0 Å². The number of hydrogen-bond acceptors (Lipinski definition) is 2. The SMILES string of the molecule is C\C=C(/C=c1/c(Cl)ncn/c1=C\CC)c1ccc(F)cc1. The predicted octanol–water partition coefficient (Wildman–Crippen LogP) is 3.34. The van der Waals surface area contributed by atoms with Crippen LogP contribution in [0.1, 0.15) is 25.8 Å². The molecule has 108 valence electrons. The summed E-state index contributed by atoms with van der Waals surface area (Å²) in [4.78, 5) is 8.29. The van der Waals surface area contributed by atoms with Gasteiger partial charge in [-0.1, -0.05) is 42.8 Å². The Bertz CT molecular complexity index is 764. The van der Waals surface area contributed by atoms with Gasteiger partial charge in [-0.2, -0.15) is 0 Å². The molecular weight excluding hydrogens is 287 g/mol. The van der Waals surface area contributed by atoms with Crippen molar-refractivity contribution in [2.24, 2.45) is 0 Å². The zero-order chi connectivity index (χ0) is 15.2. The van der Waals surface area contributed by atoms with E-state index in [0.29, 0.717) is 5.15 Å². The maximum atomic E-state index is 13.0. The molecule has 0 bridgehead atoms. The molecule has 2 nitrogen and oxygen atoms in total. The normalized spacial score (nSPS) is 13.8. The summed E-state index contributed by atoms with van der Waals surface area (Å²) in [6, 6.07) is 6.36. The highest BCUT2D eigenvalue weighted by atomic mass is 35.5. The van der Waals surface area contributed by atoms with Crippen molar-refractivity contribution in [3.05, 3.63) is 63.8 Å². The lowest BCUT2D eigenvalue weighted by atomic mass is 10.0. The van der Waals surface area contributed by atoms with Gasteiger partial charge in [-0.25, -0.2) is 14.4 Å². The second-order valence-corrected chi connectivity index (χ2v) is 4.83. The zero-order valence-electron chi connectivity index (χ0n) is 12.0. The molecule has 1 heterocycles. The highest BCUT2D eigenvalue weighted by Gasteiger charge is 2.01. The molecule has 0 saturated heterocycles. The molecule has 1 aromatic heterocycles. The summed E-state index contributed by atoms with van der Waals surface area (Å²) in [6.07, 6.45) is 8.19. The van der Waals surface area contributed by atoms with Crippen LogP contribution in [0.3, 0.4) is 0 Å². The quantitative estimate of drug-likeness (QED) is 0.813. The molecule has 0 amide bonds. The number of hydrogen-bond donors (Lipinski definition) is 0. The molecular formula is C17H16ClFN2. The Kier molecular flexibility index (Phi) is 5.23. The minimum absolute atomic E-state index is 0.254. The highest BCUT2D eigenvalue weighted by molar-refractivity contribution is 6.29. The van der Waals surface area contributed by atoms with Crippen LogP contribution in [-0.2, 0) is 0 Å². The second kappa shape index (κ2) is 7.14. The summed E-state index contributed by atoms with van der Waals surface area (Å²) >= 11 is 6.19. The van der Waals surface area contributed by atoms with E-state index in [2.05, 4.69) is 9.97 Å². The predicted molar refractivity (Wildman–Crippen MR) is 85.6 cm³/mol. The molecule has 0 radical (unpaired) electrons. The monoisotopic (exact) mass is 302 g/mol. The number of allylic oxidation sites excluding steroid dienone is 2. The van der Waals surface area contributed by atoms with Crippen molar-refractivity contribution >= 4 is 29.3 Å². The Morgan fingerprint density at radius 3 is 2.57 bits per heavy atom. The van der Waals surface area contributed by atoms with Crippen LogP contribution in [0.4, 0.5) is 4.39 Å². The van der Waals surface area contributed by atoms with Gasteiger partial charge in [0.25, 0.3) is 0 Å². The molecule has 0 saturated carbocycles. The van der Waals surface area contributed by atoms with Crippen molar-refractivity contribution in [1.82, 2.24) is 9.97 Å². The summed E-state index contributed by atoms with van der Waals surface area (Å²) in [5.41, 5.74) is 1.86. The van der Waals surface area contributed by atoms with Crippen LogP contribution >= 0.6 is 11.6 Å². The molecule has 2 rings (SSSR count). The van der Waals surface area contributed by atoms with Gasteiger partial charge in [0.05, 0.1) is 5.35 Å². The van der Waals surface area contributed by atoms with Crippen molar-refractivity contribution in [1.29, 1.82) is 0 Å². The van der Waals surface area contributed by atoms with Crippen molar-refractivity contribution < 1.29 is 4.39 Å². The number of rotatable bonds is 3. The van der Waals surface area contributed by atoms with Gasteiger partial charge < -0.3 is 0 Å². The summed E-state index contributed by atoms with van der Waals surface area (Å²) in [5, 5.41) is 1.99. The molecule has 0 spiro atoms. The third-order valence-electron chi connectivity index (χ3n) is 3.05. The smallest absolute Gasteiger partial charge is 0.140 e. The lowest BCUT2D eigenvalue weighted by Gasteiger charge is -2.02. The molecule has 0 aliphatic carbocycles. The van der Waals surface area contributed by atoms with Gasteiger partial charge in [-0.05, 0) is 42.7 Å². The molecule has 0 atom stereocenters. The minimum atomic E-state index is -0.254. The molecule has 2 aromatic rings. The van der Waals surface area contributed by atoms with Gasteiger partial charge in [0.2, 0.25) is 0 Å². The first-order chi connectivity index (χ1) is 10.2. The van der Waals surface area contributed by atoms with Gasteiger partial charge in [-0.15, -0.1) is 0 Å². The van der Waals surface area contributed by atoms with Gasteiger partial charge in [-0.3, -0.25) is 0 Å². The average molecular weight is 303 g/mol. The van der Waals surface area contributed by atoms with E-state index in [0.717, 1.165) is 28.1 Å². The number of nitrogens with zero attached hydrogens (tertiary/aromatic N) is 2. The Labute approximate surface area is 128 Å². The van der Waals surface area contributed by atoms with E-state index < -0.39 is 0 Å². The maximum Gasteiger partial charge on any atom is 0.140 e. The van der Waals surface area contributed by atoms with Gasteiger partial charge in [0.1, 0.15) is 17.3 Å². The first-order valence-electron chi connectivity index (χ1n) is 6.76. The van der Waals surface area contributed by atoms with E-state index in [1.54, 1.807) is 12.1 Å².